The van der Waals surface area contributed by atoms with Crippen LogP contribution in [0.5, 0.6) is 0 Å². The minimum Gasteiger partial charge on any atom is -0.444 e. The van der Waals surface area contributed by atoms with Gasteiger partial charge in [0.15, 0.2) is 5.96 Å². The lowest BCUT2D eigenvalue weighted by atomic mass is 10.0. The SMILES string of the molecule is CN=C(NCCN1CCCC(C)C1)NCc1nc(C)c(C)o1. The Morgan fingerprint density at radius 3 is 2.86 bits per heavy atom. The summed E-state index contributed by atoms with van der Waals surface area (Å²) < 4.78 is 5.56. The molecule has 22 heavy (non-hydrogen) atoms. The van der Waals surface area contributed by atoms with Gasteiger partial charge in [0, 0.05) is 26.7 Å². The van der Waals surface area contributed by atoms with E-state index in [2.05, 4.69) is 32.4 Å². The summed E-state index contributed by atoms with van der Waals surface area (Å²) in [6.07, 6.45) is 2.68. The van der Waals surface area contributed by atoms with Gasteiger partial charge in [-0.05, 0) is 39.2 Å². The Bertz CT molecular complexity index is 477. The van der Waals surface area contributed by atoms with Gasteiger partial charge in [-0.1, -0.05) is 6.92 Å². The van der Waals surface area contributed by atoms with Crippen molar-refractivity contribution in [2.75, 3.05) is 33.2 Å². The van der Waals surface area contributed by atoms with E-state index < -0.39 is 0 Å². The highest BCUT2D eigenvalue weighted by atomic mass is 16.4. The van der Waals surface area contributed by atoms with E-state index in [0.717, 1.165) is 36.4 Å². The Hall–Kier alpha value is -1.56. The Labute approximate surface area is 133 Å². The van der Waals surface area contributed by atoms with Gasteiger partial charge in [-0.25, -0.2) is 4.98 Å². The lowest BCUT2D eigenvalue weighted by Crippen LogP contribution is -2.43. The van der Waals surface area contributed by atoms with Crippen molar-refractivity contribution in [3.8, 4) is 0 Å². The van der Waals surface area contributed by atoms with Gasteiger partial charge >= 0.3 is 0 Å². The van der Waals surface area contributed by atoms with Crippen LogP contribution >= 0.6 is 0 Å². The van der Waals surface area contributed by atoms with Crippen molar-refractivity contribution >= 4 is 5.96 Å². The number of aliphatic imine (C=N–C) groups is 1. The van der Waals surface area contributed by atoms with E-state index in [0.29, 0.717) is 12.4 Å². The predicted molar refractivity (Wildman–Crippen MR) is 89.0 cm³/mol. The molecule has 0 aromatic carbocycles. The minimum absolute atomic E-state index is 0.551. The molecule has 0 bridgehead atoms. The van der Waals surface area contributed by atoms with Crippen molar-refractivity contribution in [1.82, 2.24) is 20.5 Å². The number of nitrogens with one attached hydrogen (secondary N) is 2. The van der Waals surface area contributed by atoms with Crippen LogP contribution in [-0.4, -0.2) is 49.1 Å². The summed E-state index contributed by atoms with van der Waals surface area (Å²) in [6.45, 7) is 11.1. The Kier molecular flexibility index (Phi) is 6.24. The zero-order valence-electron chi connectivity index (χ0n) is 14.3. The van der Waals surface area contributed by atoms with E-state index in [-0.39, 0.29) is 0 Å². The maximum absolute atomic E-state index is 5.56. The number of hydrogen-bond donors (Lipinski definition) is 2. The first-order valence-corrected chi connectivity index (χ1v) is 8.18. The first-order chi connectivity index (χ1) is 10.6. The molecule has 1 aliphatic rings. The van der Waals surface area contributed by atoms with Crippen LogP contribution in [0.15, 0.2) is 9.41 Å². The molecule has 2 heterocycles. The molecule has 1 aromatic rings. The summed E-state index contributed by atoms with van der Waals surface area (Å²) in [5.41, 5.74) is 0.943. The fraction of sp³-hybridized carbons (Fsp3) is 0.750. The Morgan fingerprint density at radius 2 is 2.23 bits per heavy atom. The number of nitrogens with zero attached hydrogens (tertiary/aromatic N) is 3. The van der Waals surface area contributed by atoms with Crippen LogP contribution in [0, 0.1) is 19.8 Å². The summed E-state index contributed by atoms with van der Waals surface area (Å²) in [6, 6.07) is 0. The van der Waals surface area contributed by atoms with Crippen molar-refractivity contribution in [2.24, 2.45) is 10.9 Å². The van der Waals surface area contributed by atoms with Gasteiger partial charge in [-0.3, -0.25) is 4.99 Å². The van der Waals surface area contributed by atoms with Crippen LogP contribution in [0.2, 0.25) is 0 Å². The second kappa shape index (κ2) is 8.17. The maximum Gasteiger partial charge on any atom is 0.214 e. The number of guanidine groups is 1. The topological polar surface area (TPSA) is 65.7 Å². The second-order valence-electron chi connectivity index (χ2n) is 6.15. The molecule has 1 aromatic heterocycles. The van der Waals surface area contributed by atoms with Crippen LogP contribution in [0.3, 0.4) is 0 Å². The van der Waals surface area contributed by atoms with Crippen LogP contribution in [0.25, 0.3) is 0 Å². The smallest absolute Gasteiger partial charge is 0.214 e. The number of oxazole rings is 1. The fourth-order valence-corrected chi connectivity index (χ4v) is 2.82. The molecule has 1 atom stereocenters. The average molecular weight is 307 g/mol. The van der Waals surface area contributed by atoms with E-state index in [9.17, 15) is 0 Å². The van der Waals surface area contributed by atoms with Crippen molar-refractivity contribution in [3.05, 3.63) is 17.3 Å². The monoisotopic (exact) mass is 307 g/mol. The fourth-order valence-electron chi connectivity index (χ4n) is 2.82. The molecule has 0 spiro atoms. The highest BCUT2D eigenvalue weighted by Crippen LogP contribution is 2.14. The van der Waals surface area contributed by atoms with E-state index in [1.807, 2.05) is 13.8 Å². The van der Waals surface area contributed by atoms with E-state index in [1.54, 1.807) is 7.05 Å². The van der Waals surface area contributed by atoms with Gasteiger partial charge < -0.3 is 20.0 Å². The summed E-state index contributed by atoms with van der Waals surface area (Å²) in [5.74, 6) is 3.18. The van der Waals surface area contributed by atoms with Crippen LogP contribution in [0.1, 0.15) is 37.1 Å². The minimum atomic E-state index is 0.551. The summed E-state index contributed by atoms with van der Waals surface area (Å²) in [5, 5.41) is 6.59. The van der Waals surface area contributed by atoms with Crippen molar-refractivity contribution in [2.45, 2.75) is 40.2 Å². The highest BCUT2D eigenvalue weighted by Gasteiger charge is 2.15. The molecule has 2 N–H and O–H groups in total. The predicted octanol–water partition coefficient (Wildman–Crippen LogP) is 1.69. The maximum atomic E-state index is 5.56. The molecule has 1 aliphatic heterocycles. The molecule has 0 radical (unpaired) electrons. The standard InChI is InChI=1S/C16H29N5O/c1-12-6-5-8-21(11-12)9-7-18-16(17-4)19-10-15-20-13(2)14(3)22-15/h12H,5-11H2,1-4H3,(H2,17,18,19). The zero-order valence-corrected chi connectivity index (χ0v) is 14.3. The second-order valence-corrected chi connectivity index (χ2v) is 6.15. The molecule has 0 aliphatic carbocycles. The van der Waals surface area contributed by atoms with Gasteiger partial charge in [-0.2, -0.15) is 0 Å². The first-order valence-electron chi connectivity index (χ1n) is 8.18. The number of rotatable bonds is 5. The highest BCUT2D eigenvalue weighted by molar-refractivity contribution is 5.79. The lowest BCUT2D eigenvalue weighted by molar-refractivity contribution is 0.187. The van der Waals surface area contributed by atoms with E-state index >= 15 is 0 Å². The number of aryl methyl sites for hydroxylation is 2. The third-order valence-corrected chi connectivity index (χ3v) is 4.17. The van der Waals surface area contributed by atoms with Crippen molar-refractivity contribution in [1.29, 1.82) is 0 Å². The van der Waals surface area contributed by atoms with E-state index in [1.165, 1.54) is 25.9 Å². The zero-order chi connectivity index (χ0) is 15.9. The molecule has 6 nitrogen and oxygen atoms in total. The summed E-state index contributed by atoms with van der Waals surface area (Å²) in [7, 11) is 1.78. The Morgan fingerprint density at radius 1 is 1.41 bits per heavy atom. The third-order valence-electron chi connectivity index (χ3n) is 4.17. The Balaban J connectivity index is 1.69. The molecule has 2 rings (SSSR count). The first kappa shape index (κ1) is 16.8. The average Bonchev–Trinajstić information content (AvgIpc) is 2.81. The summed E-state index contributed by atoms with van der Waals surface area (Å²) in [4.78, 5) is 11.1. The quantitative estimate of drug-likeness (QED) is 0.640. The molecule has 0 amide bonds. The van der Waals surface area contributed by atoms with Gasteiger partial charge in [0.2, 0.25) is 5.89 Å². The molecule has 1 unspecified atom stereocenters. The molecular formula is C16H29N5O. The lowest BCUT2D eigenvalue weighted by Gasteiger charge is -2.30. The number of hydrogen-bond acceptors (Lipinski definition) is 4. The van der Waals surface area contributed by atoms with Crippen LogP contribution in [-0.2, 0) is 6.54 Å². The van der Waals surface area contributed by atoms with Crippen LogP contribution < -0.4 is 10.6 Å². The molecule has 1 saturated heterocycles. The van der Waals surface area contributed by atoms with Gasteiger partial charge in [0.25, 0.3) is 0 Å². The van der Waals surface area contributed by atoms with Crippen molar-refractivity contribution in [3.63, 3.8) is 0 Å². The summed E-state index contributed by atoms with van der Waals surface area (Å²) >= 11 is 0. The number of piperidine rings is 1. The van der Waals surface area contributed by atoms with Crippen molar-refractivity contribution < 1.29 is 4.42 Å². The molecule has 124 valence electrons. The van der Waals surface area contributed by atoms with E-state index in [4.69, 9.17) is 4.42 Å². The normalized spacial score (nSPS) is 20.2. The largest absolute Gasteiger partial charge is 0.444 e. The molecular weight excluding hydrogens is 278 g/mol. The number of likely N-dealkylation sites (tertiary alicyclic amines) is 1. The van der Waals surface area contributed by atoms with Gasteiger partial charge in [0.1, 0.15) is 5.76 Å². The number of aromatic nitrogens is 1. The van der Waals surface area contributed by atoms with Gasteiger partial charge in [-0.15, -0.1) is 0 Å². The van der Waals surface area contributed by atoms with Gasteiger partial charge in [0.05, 0.1) is 12.2 Å². The molecule has 0 saturated carbocycles. The third kappa shape index (κ3) is 5.02. The van der Waals surface area contributed by atoms with Crippen LogP contribution in [0.4, 0.5) is 0 Å². The molecule has 1 fully saturated rings. The molecule has 6 heteroatoms.